The predicted molar refractivity (Wildman–Crippen MR) is 56.4 cm³/mol. The van der Waals surface area contributed by atoms with Gasteiger partial charge >= 0.3 is 5.97 Å². The Bertz CT molecular complexity index is 224. The lowest BCUT2D eigenvalue weighted by Crippen LogP contribution is -2.02. The second-order valence-electron chi connectivity index (χ2n) is 2.94. The molecule has 0 fully saturated rings. The zero-order valence-electron chi connectivity index (χ0n) is 9.03. The summed E-state index contributed by atoms with van der Waals surface area (Å²) in [7, 11) is 0. The van der Waals surface area contributed by atoms with Crippen LogP contribution in [0, 0.1) is 0 Å². The molecule has 0 heterocycles. The van der Waals surface area contributed by atoms with E-state index in [4.69, 9.17) is 20.4 Å². The predicted octanol–water partition coefficient (Wildman–Crippen LogP) is -0.0731. The van der Waals surface area contributed by atoms with E-state index in [1.165, 1.54) is 6.92 Å². The lowest BCUT2D eigenvalue weighted by Gasteiger charge is -2.02. The first-order valence-corrected chi connectivity index (χ1v) is 4.29. The van der Waals surface area contributed by atoms with Crippen molar-refractivity contribution in [2.45, 2.75) is 13.8 Å². The van der Waals surface area contributed by atoms with Gasteiger partial charge in [0.2, 0.25) is 0 Å². The highest BCUT2D eigenvalue weighted by Gasteiger charge is 1.96. The molecule has 0 atom stereocenters. The quantitative estimate of drug-likeness (QED) is 0.391. The summed E-state index contributed by atoms with van der Waals surface area (Å²) in [6.45, 7) is 5.81. The van der Waals surface area contributed by atoms with Crippen molar-refractivity contribution in [1.82, 2.24) is 0 Å². The third-order valence-corrected chi connectivity index (χ3v) is 1.59. The van der Waals surface area contributed by atoms with Gasteiger partial charge in [-0.15, -0.1) is 0 Å². The molecule has 0 aliphatic rings. The molecule has 5 heteroatoms. The number of aliphatic hydroxyl groups is 3. The molecule has 0 saturated carbocycles. The van der Waals surface area contributed by atoms with Gasteiger partial charge in [0.25, 0.3) is 0 Å². The van der Waals surface area contributed by atoms with E-state index in [2.05, 4.69) is 6.58 Å². The SMILES string of the molecule is C=C(C)C(=O)O.CC(CO)=C(CO)CO. The van der Waals surface area contributed by atoms with Gasteiger partial charge in [-0.25, -0.2) is 4.79 Å². The molecule has 0 aromatic heterocycles. The molecular formula is C10H18O5. The molecule has 0 amide bonds. The summed E-state index contributed by atoms with van der Waals surface area (Å²) in [6, 6.07) is 0. The lowest BCUT2D eigenvalue weighted by atomic mass is 10.1. The van der Waals surface area contributed by atoms with Gasteiger partial charge < -0.3 is 20.4 Å². The van der Waals surface area contributed by atoms with Crippen molar-refractivity contribution in [1.29, 1.82) is 0 Å². The highest BCUT2D eigenvalue weighted by atomic mass is 16.4. The molecule has 4 N–H and O–H groups in total. The number of rotatable bonds is 4. The van der Waals surface area contributed by atoms with Crippen molar-refractivity contribution in [3.63, 3.8) is 0 Å². The topological polar surface area (TPSA) is 98.0 Å². The highest BCUT2D eigenvalue weighted by Crippen LogP contribution is 1.99. The molecule has 0 saturated heterocycles. The number of carboxylic acid groups (broad SMARTS) is 1. The van der Waals surface area contributed by atoms with E-state index >= 15 is 0 Å². The molecule has 0 aromatic rings. The summed E-state index contributed by atoms with van der Waals surface area (Å²) in [5.74, 6) is -0.935. The van der Waals surface area contributed by atoms with Crippen LogP contribution in [0.5, 0.6) is 0 Å². The van der Waals surface area contributed by atoms with Crippen LogP contribution in [-0.4, -0.2) is 46.2 Å². The maximum absolute atomic E-state index is 9.60. The number of aliphatic hydroxyl groups excluding tert-OH is 3. The van der Waals surface area contributed by atoms with Gasteiger partial charge in [-0.05, 0) is 25.0 Å². The average molecular weight is 218 g/mol. The largest absolute Gasteiger partial charge is 0.478 e. The van der Waals surface area contributed by atoms with Crippen LogP contribution in [0.4, 0.5) is 0 Å². The Kier molecular flexibility index (Phi) is 10.2. The minimum absolute atomic E-state index is 0.101. The molecule has 0 radical (unpaired) electrons. The third-order valence-electron chi connectivity index (χ3n) is 1.59. The fourth-order valence-corrected chi connectivity index (χ4v) is 0.432. The second-order valence-corrected chi connectivity index (χ2v) is 2.94. The Morgan fingerprint density at radius 3 is 1.47 bits per heavy atom. The van der Waals surface area contributed by atoms with E-state index < -0.39 is 5.97 Å². The minimum Gasteiger partial charge on any atom is -0.478 e. The number of carboxylic acids is 1. The molecule has 0 rings (SSSR count). The number of hydrogen-bond acceptors (Lipinski definition) is 4. The van der Waals surface area contributed by atoms with Crippen LogP contribution in [0.3, 0.4) is 0 Å². The van der Waals surface area contributed by atoms with Gasteiger partial charge in [-0.1, -0.05) is 6.58 Å². The second kappa shape index (κ2) is 9.39. The average Bonchev–Trinajstić information content (AvgIpc) is 2.20. The maximum Gasteiger partial charge on any atom is 0.330 e. The molecule has 0 aliphatic carbocycles. The maximum atomic E-state index is 9.60. The Morgan fingerprint density at radius 1 is 1.07 bits per heavy atom. The van der Waals surface area contributed by atoms with E-state index in [-0.39, 0.29) is 25.4 Å². The Hall–Kier alpha value is -1.17. The van der Waals surface area contributed by atoms with Crippen LogP contribution in [0.2, 0.25) is 0 Å². The normalized spacial score (nSPS) is 8.60. The van der Waals surface area contributed by atoms with Crippen LogP contribution in [-0.2, 0) is 4.79 Å². The van der Waals surface area contributed by atoms with Crippen LogP contribution >= 0.6 is 0 Å². The molecule has 0 unspecified atom stereocenters. The Balaban J connectivity index is 0. The minimum atomic E-state index is -0.935. The van der Waals surface area contributed by atoms with Crippen LogP contribution in [0.15, 0.2) is 23.3 Å². The van der Waals surface area contributed by atoms with Gasteiger partial charge in [-0.2, -0.15) is 0 Å². The van der Waals surface area contributed by atoms with Crippen molar-refractivity contribution >= 4 is 5.97 Å². The van der Waals surface area contributed by atoms with E-state index in [1.54, 1.807) is 6.92 Å². The third kappa shape index (κ3) is 9.14. The van der Waals surface area contributed by atoms with Gasteiger partial charge in [0, 0.05) is 5.57 Å². The molecule has 88 valence electrons. The van der Waals surface area contributed by atoms with Crippen molar-refractivity contribution in [3.8, 4) is 0 Å². The highest BCUT2D eigenvalue weighted by molar-refractivity contribution is 5.84. The van der Waals surface area contributed by atoms with Gasteiger partial charge in [-0.3, -0.25) is 0 Å². The summed E-state index contributed by atoms with van der Waals surface area (Å²) in [4.78, 5) is 9.60. The lowest BCUT2D eigenvalue weighted by molar-refractivity contribution is -0.132. The summed E-state index contributed by atoms with van der Waals surface area (Å²) in [5, 5.41) is 33.4. The van der Waals surface area contributed by atoms with E-state index in [0.29, 0.717) is 11.1 Å². The van der Waals surface area contributed by atoms with Crippen LogP contribution < -0.4 is 0 Å². The van der Waals surface area contributed by atoms with Gasteiger partial charge in [0.1, 0.15) is 0 Å². The Morgan fingerprint density at radius 2 is 1.40 bits per heavy atom. The first kappa shape index (κ1) is 16.3. The molecule has 5 nitrogen and oxygen atoms in total. The van der Waals surface area contributed by atoms with Crippen LogP contribution in [0.1, 0.15) is 13.8 Å². The van der Waals surface area contributed by atoms with Crippen molar-refractivity contribution < 1.29 is 25.2 Å². The van der Waals surface area contributed by atoms with Crippen molar-refractivity contribution in [2.24, 2.45) is 0 Å². The standard InChI is InChI=1S/C6H12O3.C4H6O2/c1-5(2-7)6(3-8)4-9;1-3(2)4(5)6/h7-9H,2-4H2,1H3;1H2,2H3,(H,5,6). The Labute approximate surface area is 89.0 Å². The van der Waals surface area contributed by atoms with E-state index in [1.807, 2.05) is 0 Å². The number of hydrogen-bond donors (Lipinski definition) is 4. The molecule has 0 spiro atoms. The fourth-order valence-electron chi connectivity index (χ4n) is 0.432. The van der Waals surface area contributed by atoms with E-state index in [9.17, 15) is 4.79 Å². The summed E-state index contributed by atoms with van der Waals surface area (Å²) < 4.78 is 0. The molecule has 15 heavy (non-hydrogen) atoms. The molecule has 0 bridgehead atoms. The summed E-state index contributed by atoms with van der Waals surface area (Å²) >= 11 is 0. The molecule has 0 aliphatic heterocycles. The van der Waals surface area contributed by atoms with Gasteiger partial charge in [0.15, 0.2) is 0 Å². The first-order chi connectivity index (χ1) is 6.90. The number of aliphatic carboxylic acids is 1. The van der Waals surface area contributed by atoms with Gasteiger partial charge in [0.05, 0.1) is 19.8 Å². The first-order valence-electron chi connectivity index (χ1n) is 4.29. The monoisotopic (exact) mass is 218 g/mol. The van der Waals surface area contributed by atoms with Crippen molar-refractivity contribution in [3.05, 3.63) is 23.3 Å². The zero-order valence-corrected chi connectivity index (χ0v) is 9.03. The molecule has 0 aromatic carbocycles. The summed E-state index contributed by atoms with van der Waals surface area (Å²) in [6.07, 6.45) is 0. The van der Waals surface area contributed by atoms with Crippen molar-refractivity contribution in [2.75, 3.05) is 19.8 Å². The van der Waals surface area contributed by atoms with Crippen LogP contribution in [0.25, 0.3) is 0 Å². The fraction of sp³-hybridized carbons (Fsp3) is 0.500. The zero-order chi connectivity index (χ0) is 12.4. The van der Waals surface area contributed by atoms with E-state index in [0.717, 1.165) is 0 Å². The smallest absolute Gasteiger partial charge is 0.330 e. The summed E-state index contributed by atoms with van der Waals surface area (Å²) in [5.41, 5.74) is 1.31. The molecular weight excluding hydrogens is 200 g/mol. The number of carbonyl (C=O) groups is 1.